The van der Waals surface area contributed by atoms with Crippen molar-refractivity contribution in [2.45, 2.75) is 25.4 Å². The van der Waals surface area contributed by atoms with Gasteiger partial charge in [-0.15, -0.1) is 0 Å². The van der Waals surface area contributed by atoms with Crippen LogP contribution in [0.3, 0.4) is 0 Å². The second-order valence-corrected chi connectivity index (χ2v) is 4.16. The highest BCUT2D eigenvalue weighted by Gasteiger charge is 2.15. The lowest BCUT2D eigenvalue weighted by molar-refractivity contribution is -0.124. The molecule has 0 saturated carbocycles. The molecule has 1 amide bonds. The summed E-state index contributed by atoms with van der Waals surface area (Å²) in [6.07, 6.45) is 0.798. The Bertz CT molecular complexity index is 341. The summed E-state index contributed by atoms with van der Waals surface area (Å²) in [4.78, 5) is 11.6. The van der Waals surface area contributed by atoms with Crippen LogP contribution in [0.2, 0.25) is 0 Å². The SMILES string of the molecule is COCC(N)C(=O)NC(C)Cc1ccccc1. The fraction of sp³-hybridized carbons (Fsp3) is 0.462. The van der Waals surface area contributed by atoms with Gasteiger partial charge in [0.05, 0.1) is 6.61 Å². The van der Waals surface area contributed by atoms with Crippen LogP contribution < -0.4 is 11.1 Å². The zero-order chi connectivity index (χ0) is 12.7. The maximum absolute atomic E-state index is 11.6. The summed E-state index contributed by atoms with van der Waals surface area (Å²) in [5.41, 5.74) is 6.83. The number of carbonyl (C=O) groups excluding carboxylic acids is 1. The van der Waals surface area contributed by atoms with Crippen LogP contribution >= 0.6 is 0 Å². The molecule has 2 unspecified atom stereocenters. The Morgan fingerprint density at radius 2 is 2.06 bits per heavy atom. The number of amides is 1. The molecule has 0 aliphatic rings. The number of methoxy groups -OCH3 is 1. The predicted molar refractivity (Wildman–Crippen MR) is 67.6 cm³/mol. The molecular weight excluding hydrogens is 216 g/mol. The maximum Gasteiger partial charge on any atom is 0.239 e. The zero-order valence-electron chi connectivity index (χ0n) is 10.3. The first-order valence-electron chi connectivity index (χ1n) is 5.72. The largest absolute Gasteiger partial charge is 0.383 e. The average Bonchev–Trinajstić information content (AvgIpc) is 2.30. The molecule has 0 radical (unpaired) electrons. The van der Waals surface area contributed by atoms with E-state index < -0.39 is 6.04 Å². The normalized spacial score (nSPS) is 14.1. The highest BCUT2D eigenvalue weighted by atomic mass is 16.5. The third-order valence-electron chi connectivity index (χ3n) is 2.46. The van der Waals surface area contributed by atoms with Gasteiger partial charge in [0, 0.05) is 13.2 Å². The highest BCUT2D eigenvalue weighted by Crippen LogP contribution is 2.02. The van der Waals surface area contributed by atoms with E-state index in [1.165, 1.54) is 12.7 Å². The van der Waals surface area contributed by atoms with Gasteiger partial charge in [-0.2, -0.15) is 0 Å². The van der Waals surface area contributed by atoms with Crippen molar-refractivity contribution in [1.29, 1.82) is 0 Å². The molecule has 4 heteroatoms. The minimum absolute atomic E-state index is 0.0628. The Hall–Kier alpha value is -1.39. The van der Waals surface area contributed by atoms with Gasteiger partial charge in [-0.25, -0.2) is 0 Å². The summed E-state index contributed by atoms with van der Waals surface area (Å²) in [5.74, 6) is -0.171. The molecule has 0 aromatic heterocycles. The van der Waals surface area contributed by atoms with Crippen LogP contribution in [-0.4, -0.2) is 31.7 Å². The minimum atomic E-state index is -0.599. The maximum atomic E-state index is 11.6. The third-order valence-corrected chi connectivity index (χ3v) is 2.46. The Balaban J connectivity index is 2.39. The van der Waals surface area contributed by atoms with Crippen molar-refractivity contribution < 1.29 is 9.53 Å². The van der Waals surface area contributed by atoms with E-state index in [1.807, 2.05) is 37.3 Å². The fourth-order valence-corrected chi connectivity index (χ4v) is 1.62. The summed E-state index contributed by atoms with van der Waals surface area (Å²) >= 11 is 0. The molecule has 3 N–H and O–H groups in total. The molecule has 0 bridgehead atoms. The Labute approximate surface area is 102 Å². The van der Waals surface area contributed by atoms with Gasteiger partial charge < -0.3 is 15.8 Å². The van der Waals surface area contributed by atoms with Crippen LogP contribution in [0, 0.1) is 0 Å². The number of carbonyl (C=O) groups is 1. The first-order valence-corrected chi connectivity index (χ1v) is 5.72. The Morgan fingerprint density at radius 3 is 2.65 bits per heavy atom. The summed E-state index contributed by atoms with van der Waals surface area (Å²) in [7, 11) is 1.53. The Morgan fingerprint density at radius 1 is 1.41 bits per heavy atom. The number of hydrogen-bond acceptors (Lipinski definition) is 3. The topological polar surface area (TPSA) is 64.3 Å². The van der Waals surface area contributed by atoms with E-state index in [4.69, 9.17) is 10.5 Å². The van der Waals surface area contributed by atoms with E-state index in [9.17, 15) is 4.79 Å². The molecule has 94 valence electrons. The molecule has 0 fully saturated rings. The molecular formula is C13H20N2O2. The van der Waals surface area contributed by atoms with Gasteiger partial charge in [0.1, 0.15) is 6.04 Å². The average molecular weight is 236 g/mol. The fourth-order valence-electron chi connectivity index (χ4n) is 1.62. The van der Waals surface area contributed by atoms with E-state index >= 15 is 0 Å². The summed E-state index contributed by atoms with van der Waals surface area (Å²) in [6, 6.07) is 9.49. The lowest BCUT2D eigenvalue weighted by Crippen LogP contribution is -2.47. The van der Waals surface area contributed by atoms with Gasteiger partial charge in [-0.3, -0.25) is 4.79 Å². The monoisotopic (exact) mass is 236 g/mol. The summed E-state index contributed by atoms with van der Waals surface area (Å²) in [5, 5.41) is 2.87. The van der Waals surface area contributed by atoms with Gasteiger partial charge in [0.15, 0.2) is 0 Å². The second kappa shape index (κ2) is 7.04. The lowest BCUT2D eigenvalue weighted by atomic mass is 10.1. The van der Waals surface area contributed by atoms with E-state index in [-0.39, 0.29) is 18.6 Å². The van der Waals surface area contributed by atoms with Crippen LogP contribution in [0.1, 0.15) is 12.5 Å². The highest BCUT2D eigenvalue weighted by molar-refractivity contribution is 5.81. The number of nitrogens with one attached hydrogen (secondary N) is 1. The standard InChI is InChI=1S/C13H20N2O2/c1-10(8-11-6-4-3-5-7-11)15-13(16)12(14)9-17-2/h3-7,10,12H,8-9,14H2,1-2H3,(H,15,16). The Kier molecular flexibility index (Phi) is 5.66. The number of hydrogen-bond donors (Lipinski definition) is 2. The van der Waals surface area contributed by atoms with Gasteiger partial charge in [-0.1, -0.05) is 30.3 Å². The van der Waals surface area contributed by atoms with Crippen LogP contribution in [-0.2, 0) is 16.0 Å². The molecule has 0 heterocycles. The van der Waals surface area contributed by atoms with Gasteiger partial charge in [-0.05, 0) is 18.9 Å². The van der Waals surface area contributed by atoms with Crippen LogP contribution in [0.4, 0.5) is 0 Å². The van der Waals surface area contributed by atoms with E-state index in [0.29, 0.717) is 0 Å². The van der Waals surface area contributed by atoms with Gasteiger partial charge in [0.25, 0.3) is 0 Å². The van der Waals surface area contributed by atoms with E-state index in [1.54, 1.807) is 0 Å². The molecule has 0 saturated heterocycles. The van der Waals surface area contributed by atoms with E-state index in [2.05, 4.69) is 5.32 Å². The number of nitrogens with two attached hydrogens (primary N) is 1. The number of ether oxygens (including phenoxy) is 1. The van der Waals surface area contributed by atoms with Crippen molar-refractivity contribution in [3.63, 3.8) is 0 Å². The van der Waals surface area contributed by atoms with Crippen molar-refractivity contribution in [2.24, 2.45) is 5.73 Å². The summed E-state index contributed by atoms with van der Waals surface area (Å²) < 4.78 is 4.84. The van der Waals surface area contributed by atoms with Crippen molar-refractivity contribution >= 4 is 5.91 Å². The molecule has 1 aromatic carbocycles. The smallest absolute Gasteiger partial charge is 0.239 e. The molecule has 4 nitrogen and oxygen atoms in total. The first-order chi connectivity index (χ1) is 8.13. The molecule has 0 aliphatic heterocycles. The quantitative estimate of drug-likeness (QED) is 0.764. The van der Waals surface area contributed by atoms with Crippen LogP contribution in [0.25, 0.3) is 0 Å². The molecule has 0 aliphatic carbocycles. The molecule has 1 aromatic rings. The number of benzene rings is 1. The molecule has 1 rings (SSSR count). The van der Waals surface area contributed by atoms with Gasteiger partial charge in [0.2, 0.25) is 5.91 Å². The predicted octanol–water partition coefficient (Wildman–Crippen LogP) is 0.708. The van der Waals surface area contributed by atoms with E-state index in [0.717, 1.165) is 6.42 Å². The summed E-state index contributed by atoms with van der Waals surface area (Å²) in [6.45, 7) is 2.20. The van der Waals surface area contributed by atoms with Crippen molar-refractivity contribution in [2.75, 3.05) is 13.7 Å². The van der Waals surface area contributed by atoms with Crippen LogP contribution in [0.5, 0.6) is 0 Å². The second-order valence-electron chi connectivity index (χ2n) is 4.16. The van der Waals surface area contributed by atoms with Gasteiger partial charge >= 0.3 is 0 Å². The molecule has 0 spiro atoms. The van der Waals surface area contributed by atoms with Crippen molar-refractivity contribution in [3.05, 3.63) is 35.9 Å². The minimum Gasteiger partial charge on any atom is -0.383 e. The van der Waals surface area contributed by atoms with Crippen LogP contribution in [0.15, 0.2) is 30.3 Å². The number of rotatable bonds is 6. The molecule has 17 heavy (non-hydrogen) atoms. The first kappa shape index (κ1) is 13.7. The van der Waals surface area contributed by atoms with Crippen molar-refractivity contribution in [3.8, 4) is 0 Å². The van der Waals surface area contributed by atoms with Crippen molar-refractivity contribution in [1.82, 2.24) is 5.32 Å². The third kappa shape index (κ3) is 4.97. The zero-order valence-corrected chi connectivity index (χ0v) is 10.3. The lowest BCUT2D eigenvalue weighted by Gasteiger charge is -2.17. The molecule has 2 atom stereocenters.